The molecule has 3 heterocycles. The molecule has 1 atom stereocenters. The summed E-state index contributed by atoms with van der Waals surface area (Å²) in [6.45, 7) is 6.00. The number of carbonyl (C=O) groups excluding carboxylic acids is 1. The van der Waals surface area contributed by atoms with Crippen LogP contribution in [0.1, 0.15) is 24.1 Å². The average Bonchev–Trinajstić information content (AvgIpc) is 3.72. The Kier molecular flexibility index (Phi) is 13.3. The third-order valence-electron chi connectivity index (χ3n) is 7.27. The Morgan fingerprint density at radius 2 is 1.65 bits per heavy atom. The van der Waals surface area contributed by atoms with E-state index in [-0.39, 0.29) is 11.8 Å². The van der Waals surface area contributed by atoms with Crippen LogP contribution in [0.3, 0.4) is 0 Å². The number of H-pyrrole nitrogens is 1. The largest absolute Gasteiger partial charge is 0.497 e. The molecule has 0 radical (unpaired) electrons. The number of hydrogen-bond donors (Lipinski definition) is 4. The highest BCUT2D eigenvalue weighted by Crippen LogP contribution is 2.34. The fourth-order valence-electron chi connectivity index (χ4n) is 4.75. The van der Waals surface area contributed by atoms with Crippen LogP contribution in [0.15, 0.2) is 42.6 Å². The summed E-state index contributed by atoms with van der Waals surface area (Å²) in [5, 5.41) is 24.5. The van der Waals surface area contributed by atoms with Crippen molar-refractivity contribution < 1.29 is 65.1 Å². The number of fused-ring (bicyclic) bond motifs is 1. The Balaban J connectivity index is 0.000000392. The van der Waals surface area contributed by atoms with Crippen molar-refractivity contribution in [2.45, 2.75) is 38.5 Å². The number of carboxylic acid groups (broad SMARTS) is 2. The van der Waals surface area contributed by atoms with Crippen LogP contribution in [0.5, 0.6) is 17.2 Å². The van der Waals surface area contributed by atoms with Crippen LogP contribution in [-0.4, -0.2) is 95.5 Å². The van der Waals surface area contributed by atoms with E-state index in [0.717, 1.165) is 53.5 Å². The standard InChI is InChI=1S/C27H32N4O4.2C2HF3O2/c1-18-23(16-28-30-18)19-5-7-24(26(15-19)34-12-11-31-9-3-4-10-31)29-27(32)21-13-20-14-22(33-2)6-8-25(20)35-17-21;2*3-2(4,5)1(6)7/h5-8,14-16,21H,3-4,9-13,17H2,1-2H3,(H,28,30)(H,29,32);2*(H,6,7). The lowest BCUT2D eigenvalue weighted by atomic mass is 9.95. The van der Waals surface area contributed by atoms with Gasteiger partial charge < -0.3 is 29.7 Å². The van der Waals surface area contributed by atoms with Gasteiger partial charge in [-0.15, -0.1) is 0 Å². The first-order chi connectivity index (χ1) is 23.0. The number of carbonyl (C=O) groups is 3. The topological polar surface area (TPSA) is 163 Å². The number of aliphatic carboxylic acids is 2. The van der Waals surface area contributed by atoms with Crippen LogP contribution in [0.25, 0.3) is 11.1 Å². The van der Waals surface area contributed by atoms with E-state index < -0.39 is 24.3 Å². The molecule has 1 fully saturated rings. The third-order valence-corrected chi connectivity index (χ3v) is 7.27. The molecule has 2 aromatic carbocycles. The van der Waals surface area contributed by atoms with Gasteiger partial charge in [0.2, 0.25) is 5.91 Å². The predicted octanol–water partition coefficient (Wildman–Crippen LogP) is 5.32. The predicted molar refractivity (Wildman–Crippen MR) is 162 cm³/mol. The van der Waals surface area contributed by atoms with E-state index in [1.165, 1.54) is 12.8 Å². The maximum Gasteiger partial charge on any atom is 0.490 e. The number of benzene rings is 2. The first kappa shape index (κ1) is 38.4. The van der Waals surface area contributed by atoms with Crippen molar-refractivity contribution in [1.29, 1.82) is 0 Å². The fraction of sp³-hybridized carbons (Fsp3) is 0.419. The molecule has 0 bridgehead atoms. The number of likely N-dealkylation sites (tertiary alicyclic amines) is 1. The van der Waals surface area contributed by atoms with E-state index in [9.17, 15) is 31.1 Å². The van der Waals surface area contributed by atoms with Crippen molar-refractivity contribution >= 4 is 23.5 Å². The highest BCUT2D eigenvalue weighted by atomic mass is 19.4. The molecule has 3 aromatic rings. The first-order valence-electron chi connectivity index (χ1n) is 14.7. The quantitative estimate of drug-likeness (QED) is 0.226. The number of methoxy groups -OCH3 is 1. The van der Waals surface area contributed by atoms with Gasteiger partial charge in [0.1, 0.15) is 30.5 Å². The Bertz CT molecular complexity index is 1560. The van der Waals surface area contributed by atoms with Gasteiger partial charge in [0.25, 0.3) is 0 Å². The van der Waals surface area contributed by atoms with Gasteiger partial charge in [-0.1, -0.05) is 6.07 Å². The van der Waals surface area contributed by atoms with E-state index >= 15 is 0 Å². The summed E-state index contributed by atoms with van der Waals surface area (Å²) in [5.41, 5.74) is 4.63. The molecule has 1 saturated heterocycles. The third kappa shape index (κ3) is 11.6. The molecular formula is C31H34F6N4O8. The van der Waals surface area contributed by atoms with Crippen LogP contribution < -0.4 is 19.5 Å². The number of carboxylic acids is 2. The zero-order valence-corrected chi connectivity index (χ0v) is 26.3. The van der Waals surface area contributed by atoms with Gasteiger partial charge in [0.15, 0.2) is 0 Å². The number of hydrogen-bond acceptors (Lipinski definition) is 8. The van der Waals surface area contributed by atoms with E-state index in [2.05, 4.69) is 20.4 Å². The highest BCUT2D eigenvalue weighted by molar-refractivity contribution is 5.95. The van der Waals surface area contributed by atoms with Crippen LogP contribution in [0.2, 0.25) is 0 Å². The number of ether oxygens (including phenoxy) is 3. The molecule has 4 N–H and O–H groups in total. The molecule has 1 unspecified atom stereocenters. The molecule has 2 aliphatic rings. The maximum absolute atomic E-state index is 13.2. The number of aromatic amines is 1. The van der Waals surface area contributed by atoms with Crippen molar-refractivity contribution in [3.63, 3.8) is 0 Å². The summed E-state index contributed by atoms with van der Waals surface area (Å²) in [5.74, 6) is -3.68. The van der Waals surface area contributed by atoms with E-state index in [1.54, 1.807) is 7.11 Å². The number of halogens is 6. The Hall–Kier alpha value is -5.00. The number of anilines is 1. The fourth-order valence-corrected chi connectivity index (χ4v) is 4.75. The molecule has 49 heavy (non-hydrogen) atoms. The molecule has 5 rings (SSSR count). The Morgan fingerprint density at radius 3 is 2.20 bits per heavy atom. The Labute approximate surface area is 275 Å². The number of nitrogens with zero attached hydrogens (tertiary/aromatic N) is 2. The monoisotopic (exact) mass is 704 g/mol. The highest BCUT2D eigenvalue weighted by Gasteiger charge is 2.39. The molecule has 1 aromatic heterocycles. The van der Waals surface area contributed by atoms with Crippen LogP contribution in [0.4, 0.5) is 32.0 Å². The van der Waals surface area contributed by atoms with Crippen molar-refractivity contribution in [2.24, 2.45) is 5.92 Å². The number of rotatable bonds is 8. The second kappa shape index (κ2) is 16.9. The molecule has 0 spiro atoms. The minimum absolute atomic E-state index is 0.0879. The van der Waals surface area contributed by atoms with E-state index in [4.69, 9.17) is 34.0 Å². The molecule has 0 saturated carbocycles. The molecule has 0 aliphatic carbocycles. The van der Waals surface area contributed by atoms with Crippen LogP contribution >= 0.6 is 0 Å². The summed E-state index contributed by atoms with van der Waals surface area (Å²) in [6.07, 6.45) is -5.28. The average molecular weight is 705 g/mol. The number of amides is 1. The molecule has 12 nitrogen and oxygen atoms in total. The van der Waals surface area contributed by atoms with Gasteiger partial charge in [-0.25, -0.2) is 9.59 Å². The lowest BCUT2D eigenvalue weighted by Crippen LogP contribution is -2.32. The van der Waals surface area contributed by atoms with Crippen LogP contribution in [-0.2, 0) is 20.8 Å². The lowest BCUT2D eigenvalue weighted by molar-refractivity contribution is -0.193. The SMILES string of the molecule is COc1ccc2c(c1)CC(C(=O)Nc1ccc(-c3cn[nH]c3C)cc1OCCN1CCCC1)CO2.O=C(O)C(F)(F)F.O=C(O)C(F)(F)F. The number of aryl methyl sites for hydroxylation is 1. The van der Waals surface area contributed by atoms with E-state index in [1.807, 2.05) is 49.5 Å². The first-order valence-corrected chi connectivity index (χ1v) is 14.7. The summed E-state index contributed by atoms with van der Waals surface area (Å²) < 4.78 is 80.9. The van der Waals surface area contributed by atoms with Crippen molar-refractivity contribution in [3.05, 3.63) is 53.9 Å². The zero-order chi connectivity index (χ0) is 36.4. The minimum atomic E-state index is -5.08. The summed E-state index contributed by atoms with van der Waals surface area (Å²) in [7, 11) is 1.63. The molecular weight excluding hydrogens is 670 g/mol. The smallest absolute Gasteiger partial charge is 0.490 e. The maximum atomic E-state index is 13.2. The summed E-state index contributed by atoms with van der Waals surface area (Å²) in [4.78, 5) is 33.4. The minimum Gasteiger partial charge on any atom is -0.497 e. The zero-order valence-electron chi connectivity index (χ0n) is 26.3. The molecule has 2 aliphatic heterocycles. The molecule has 268 valence electrons. The van der Waals surface area contributed by atoms with E-state index in [0.29, 0.717) is 31.1 Å². The normalized spacial score (nSPS) is 15.7. The number of alkyl halides is 6. The summed E-state index contributed by atoms with van der Waals surface area (Å²) in [6, 6.07) is 11.6. The Morgan fingerprint density at radius 1 is 1.02 bits per heavy atom. The van der Waals surface area contributed by atoms with Crippen LogP contribution in [0, 0.1) is 12.8 Å². The van der Waals surface area contributed by atoms with Gasteiger partial charge in [0.05, 0.1) is 24.9 Å². The van der Waals surface area contributed by atoms with Gasteiger partial charge in [-0.05, 0) is 80.7 Å². The lowest BCUT2D eigenvalue weighted by Gasteiger charge is -2.25. The van der Waals surface area contributed by atoms with Gasteiger partial charge in [-0.2, -0.15) is 31.4 Å². The molecule has 18 heteroatoms. The van der Waals surface area contributed by atoms with Gasteiger partial charge in [0, 0.05) is 17.8 Å². The second-order valence-corrected chi connectivity index (χ2v) is 10.8. The summed E-state index contributed by atoms with van der Waals surface area (Å²) >= 11 is 0. The van der Waals surface area contributed by atoms with Gasteiger partial charge in [-0.3, -0.25) is 14.8 Å². The van der Waals surface area contributed by atoms with Crippen molar-refractivity contribution in [1.82, 2.24) is 15.1 Å². The van der Waals surface area contributed by atoms with Crippen molar-refractivity contribution in [2.75, 3.05) is 45.3 Å². The van der Waals surface area contributed by atoms with Crippen molar-refractivity contribution in [3.8, 4) is 28.4 Å². The van der Waals surface area contributed by atoms with Gasteiger partial charge >= 0.3 is 24.3 Å². The second-order valence-electron chi connectivity index (χ2n) is 10.8. The molecule has 1 amide bonds. The number of aromatic nitrogens is 2. The number of nitrogens with one attached hydrogen (secondary N) is 2.